The minimum Gasteiger partial charge on any atom is -0.305 e. The van der Waals surface area contributed by atoms with E-state index in [4.69, 9.17) is 0 Å². The Morgan fingerprint density at radius 2 is 2.00 bits per heavy atom. The molecule has 0 amide bonds. The number of hydrogen-bond donors (Lipinski definition) is 1. The molecule has 1 aliphatic heterocycles. The van der Waals surface area contributed by atoms with Gasteiger partial charge in [-0.2, -0.15) is 0 Å². The fraction of sp³-hybridized carbons (Fsp3) is 1.00. The molecule has 1 N–H and O–H groups in total. The van der Waals surface area contributed by atoms with E-state index in [0.717, 1.165) is 22.5 Å². The van der Waals surface area contributed by atoms with Crippen molar-refractivity contribution in [1.29, 1.82) is 0 Å². The van der Waals surface area contributed by atoms with Crippen molar-refractivity contribution in [3.8, 4) is 0 Å². The maximum absolute atomic E-state index is 3.70. The topological polar surface area (TPSA) is 12.0 Å². The summed E-state index contributed by atoms with van der Waals surface area (Å²) in [5, 5.41) is 5.34. The van der Waals surface area contributed by atoms with Crippen molar-refractivity contribution in [2.75, 3.05) is 6.54 Å². The van der Waals surface area contributed by atoms with Gasteiger partial charge in [-0.15, -0.1) is 11.8 Å². The highest BCUT2D eigenvalue weighted by Crippen LogP contribution is 2.37. The summed E-state index contributed by atoms with van der Waals surface area (Å²) in [5.41, 5.74) is 0. The van der Waals surface area contributed by atoms with Gasteiger partial charge < -0.3 is 5.32 Å². The first-order chi connectivity index (χ1) is 6.75. The molecule has 0 radical (unpaired) electrons. The smallest absolute Gasteiger partial charge is 0.0563 e. The van der Waals surface area contributed by atoms with Gasteiger partial charge in [0.05, 0.1) is 5.37 Å². The second-order valence-corrected chi connectivity index (χ2v) is 6.73. The molecule has 4 atom stereocenters. The molecular weight excluding hydrogens is 190 g/mol. The van der Waals surface area contributed by atoms with E-state index in [9.17, 15) is 0 Å². The van der Waals surface area contributed by atoms with Crippen molar-refractivity contribution in [2.45, 2.75) is 56.6 Å². The quantitative estimate of drug-likeness (QED) is 0.717. The number of rotatable bonds is 1. The van der Waals surface area contributed by atoms with Gasteiger partial charge in [0.2, 0.25) is 0 Å². The Hall–Kier alpha value is 0.310. The fourth-order valence-electron chi connectivity index (χ4n) is 2.83. The van der Waals surface area contributed by atoms with Crippen LogP contribution in [0.15, 0.2) is 0 Å². The van der Waals surface area contributed by atoms with Crippen LogP contribution in [0.25, 0.3) is 0 Å². The van der Waals surface area contributed by atoms with Crippen LogP contribution in [0, 0.1) is 11.8 Å². The van der Waals surface area contributed by atoms with E-state index in [2.05, 4.69) is 30.9 Å². The average Bonchev–Trinajstić information content (AvgIpc) is 2.18. The lowest BCUT2D eigenvalue weighted by atomic mass is 9.82. The van der Waals surface area contributed by atoms with E-state index in [0.29, 0.717) is 0 Å². The van der Waals surface area contributed by atoms with Crippen molar-refractivity contribution < 1.29 is 0 Å². The van der Waals surface area contributed by atoms with Gasteiger partial charge in [0.25, 0.3) is 0 Å². The average molecular weight is 213 g/mol. The van der Waals surface area contributed by atoms with Crippen molar-refractivity contribution in [1.82, 2.24) is 5.32 Å². The Morgan fingerprint density at radius 3 is 2.71 bits per heavy atom. The van der Waals surface area contributed by atoms with Crippen LogP contribution in [-0.4, -0.2) is 17.2 Å². The molecule has 2 fully saturated rings. The van der Waals surface area contributed by atoms with E-state index in [1.54, 1.807) is 0 Å². The number of nitrogens with one attached hydrogen (secondary N) is 1. The van der Waals surface area contributed by atoms with Crippen molar-refractivity contribution in [3.63, 3.8) is 0 Å². The van der Waals surface area contributed by atoms with Gasteiger partial charge in [0, 0.05) is 5.25 Å². The molecule has 82 valence electrons. The Morgan fingerprint density at radius 1 is 1.14 bits per heavy atom. The highest BCUT2D eigenvalue weighted by molar-refractivity contribution is 8.00. The van der Waals surface area contributed by atoms with E-state index < -0.39 is 0 Å². The van der Waals surface area contributed by atoms with E-state index in [1.807, 2.05) is 0 Å². The van der Waals surface area contributed by atoms with Crippen LogP contribution in [-0.2, 0) is 0 Å². The molecule has 1 heterocycles. The molecule has 0 spiro atoms. The SMILES string of the molecule is CC1CCCC(C2NCCC(C)S2)C1. The monoisotopic (exact) mass is 213 g/mol. The zero-order chi connectivity index (χ0) is 9.97. The molecule has 0 bridgehead atoms. The second kappa shape index (κ2) is 4.89. The van der Waals surface area contributed by atoms with Crippen LogP contribution in [0.5, 0.6) is 0 Å². The summed E-state index contributed by atoms with van der Waals surface area (Å²) in [6.45, 7) is 6.04. The Balaban J connectivity index is 1.86. The summed E-state index contributed by atoms with van der Waals surface area (Å²) in [5.74, 6) is 1.92. The molecule has 1 aliphatic carbocycles. The molecule has 0 aromatic carbocycles. The largest absolute Gasteiger partial charge is 0.305 e. The number of thioether (sulfide) groups is 1. The lowest BCUT2D eigenvalue weighted by Crippen LogP contribution is -2.41. The lowest BCUT2D eigenvalue weighted by molar-refractivity contribution is 0.258. The molecule has 14 heavy (non-hydrogen) atoms. The van der Waals surface area contributed by atoms with Crippen molar-refractivity contribution in [3.05, 3.63) is 0 Å². The van der Waals surface area contributed by atoms with Gasteiger partial charge in [-0.05, 0) is 37.6 Å². The highest BCUT2D eigenvalue weighted by atomic mass is 32.2. The van der Waals surface area contributed by atoms with Gasteiger partial charge in [0.1, 0.15) is 0 Å². The van der Waals surface area contributed by atoms with E-state index in [1.165, 1.54) is 38.6 Å². The predicted octanol–water partition coefficient (Wildman–Crippen LogP) is 3.25. The van der Waals surface area contributed by atoms with Gasteiger partial charge in [0.15, 0.2) is 0 Å². The van der Waals surface area contributed by atoms with E-state index >= 15 is 0 Å². The standard InChI is InChI=1S/C12H23NS/c1-9-4-3-5-11(8-9)12-13-7-6-10(2)14-12/h9-13H,3-8H2,1-2H3. The summed E-state index contributed by atoms with van der Waals surface area (Å²) in [6.07, 6.45) is 7.19. The summed E-state index contributed by atoms with van der Waals surface area (Å²) >= 11 is 2.18. The molecular formula is C12H23NS. The molecule has 2 aliphatic rings. The van der Waals surface area contributed by atoms with Crippen molar-refractivity contribution in [2.24, 2.45) is 11.8 Å². The van der Waals surface area contributed by atoms with Crippen LogP contribution in [0.1, 0.15) is 46.0 Å². The third-order valence-corrected chi connectivity index (χ3v) is 5.23. The first-order valence-electron chi connectivity index (χ1n) is 6.14. The van der Waals surface area contributed by atoms with Crippen LogP contribution in [0.2, 0.25) is 0 Å². The third kappa shape index (κ3) is 2.66. The molecule has 0 aromatic heterocycles. The molecule has 2 rings (SSSR count). The van der Waals surface area contributed by atoms with E-state index in [-0.39, 0.29) is 0 Å². The molecule has 2 heteroatoms. The summed E-state index contributed by atoms with van der Waals surface area (Å²) < 4.78 is 0. The van der Waals surface area contributed by atoms with Gasteiger partial charge in [-0.3, -0.25) is 0 Å². The van der Waals surface area contributed by atoms with Crippen LogP contribution >= 0.6 is 11.8 Å². The summed E-state index contributed by atoms with van der Waals surface area (Å²) in [4.78, 5) is 0. The molecule has 1 nitrogen and oxygen atoms in total. The third-order valence-electron chi connectivity index (χ3n) is 3.68. The van der Waals surface area contributed by atoms with Gasteiger partial charge in [-0.1, -0.05) is 26.7 Å². The normalized spacial score (nSPS) is 45.0. The van der Waals surface area contributed by atoms with Gasteiger partial charge >= 0.3 is 0 Å². The molecule has 1 saturated heterocycles. The molecule has 1 saturated carbocycles. The Bertz CT molecular complexity index is 163. The lowest BCUT2D eigenvalue weighted by Gasteiger charge is -2.37. The maximum Gasteiger partial charge on any atom is 0.0563 e. The maximum atomic E-state index is 3.70. The zero-order valence-electron chi connectivity index (χ0n) is 9.46. The zero-order valence-corrected chi connectivity index (χ0v) is 10.3. The second-order valence-electron chi connectivity index (χ2n) is 5.14. The van der Waals surface area contributed by atoms with Crippen LogP contribution in [0.4, 0.5) is 0 Å². The fourth-order valence-corrected chi connectivity index (χ4v) is 4.27. The van der Waals surface area contributed by atoms with Crippen molar-refractivity contribution >= 4 is 11.8 Å². The number of hydrogen-bond acceptors (Lipinski definition) is 2. The molecule has 4 unspecified atom stereocenters. The van der Waals surface area contributed by atoms with Crippen LogP contribution in [0.3, 0.4) is 0 Å². The minimum absolute atomic E-state index is 0.765. The van der Waals surface area contributed by atoms with Gasteiger partial charge in [-0.25, -0.2) is 0 Å². The Kier molecular flexibility index (Phi) is 3.78. The Labute approximate surface area is 92.4 Å². The first kappa shape index (κ1) is 10.8. The first-order valence-corrected chi connectivity index (χ1v) is 7.09. The summed E-state index contributed by atoms with van der Waals surface area (Å²) in [7, 11) is 0. The summed E-state index contributed by atoms with van der Waals surface area (Å²) in [6, 6.07) is 0. The van der Waals surface area contributed by atoms with Crippen LogP contribution < -0.4 is 5.32 Å². The molecule has 0 aromatic rings. The highest BCUT2D eigenvalue weighted by Gasteiger charge is 2.29. The predicted molar refractivity (Wildman–Crippen MR) is 64.6 cm³/mol. The minimum atomic E-state index is 0.765.